The Bertz CT molecular complexity index is 220. The molecule has 1 unspecified atom stereocenters. The van der Waals surface area contributed by atoms with Crippen LogP contribution >= 0.6 is 0 Å². The van der Waals surface area contributed by atoms with Crippen LogP contribution < -0.4 is 5.32 Å². The number of likely N-dealkylation sites (N-methyl/N-ethyl adjacent to an activating group) is 1. The van der Waals surface area contributed by atoms with Crippen LogP contribution in [0.4, 0.5) is 0 Å². The summed E-state index contributed by atoms with van der Waals surface area (Å²) in [6.07, 6.45) is 2.78. The molecule has 18 heavy (non-hydrogen) atoms. The monoisotopic (exact) mass is 260 g/mol. The Morgan fingerprint density at radius 2 is 1.94 bits per heavy atom. The van der Waals surface area contributed by atoms with Crippen LogP contribution in [0.5, 0.6) is 0 Å². The third kappa shape index (κ3) is 6.33. The summed E-state index contributed by atoms with van der Waals surface area (Å²) in [6, 6.07) is 0.0378. The molecule has 0 bridgehead atoms. The Morgan fingerprint density at radius 1 is 1.33 bits per heavy atom. The van der Waals surface area contributed by atoms with Crippen LogP contribution in [0.25, 0.3) is 0 Å². The topological polar surface area (TPSA) is 61.8 Å². The summed E-state index contributed by atoms with van der Waals surface area (Å²) in [4.78, 5) is 13.3. The van der Waals surface area contributed by atoms with E-state index in [4.69, 9.17) is 9.84 Å². The van der Waals surface area contributed by atoms with Crippen molar-refractivity contribution in [2.24, 2.45) is 0 Å². The maximum absolute atomic E-state index is 11.0. The van der Waals surface area contributed by atoms with E-state index in [-0.39, 0.29) is 0 Å². The maximum Gasteiger partial charge on any atom is 0.320 e. The summed E-state index contributed by atoms with van der Waals surface area (Å²) in [5.74, 6) is -0.784. The molecule has 0 saturated heterocycles. The van der Waals surface area contributed by atoms with Crippen molar-refractivity contribution >= 4 is 5.97 Å². The van der Waals surface area contributed by atoms with Crippen molar-refractivity contribution in [2.75, 3.05) is 33.9 Å². The van der Waals surface area contributed by atoms with E-state index >= 15 is 0 Å². The van der Waals surface area contributed by atoms with Crippen LogP contribution in [-0.4, -0.2) is 61.9 Å². The van der Waals surface area contributed by atoms with Gasteiger partial charge >= 0.3 is 5.97 Å². The molecule has 0 aromatic rings. The zero-order chi connectivity index (χ0) is 14.0. The lowest BCUT2D eigenvalue weighted by molar-refractivity contribution is -0.139. The molecule has 0 amide bonds. The van der Waals surface area contributed by atoms with Crippen molar-refractivity contribution in [3.63, 3.8) is 0 Å². The van der Waals surface area contributed by atoms with Gasteiger partial charge in [0.25, 0.3) is 0 Å². The van der Waals surface area contributed by atoms with Gasteiger partial charge in [-0.3, -0.25) is 9.69 Å². The first kappa shape index (κ1) is 17.4. The molecular weight excluding hydrogens is 232 g/mol. The number of carboxylic acids is 1. The van der Waals surface area contributed by atoms with Gasteiger partial charge in [-0.2, -0.15) is 0 Å². The average Bonchev–Trinajstić information content (AvgIpc) is 2.36. The highest BCUT2D eigenvalue weighted by molar-refractivity contribution is 5.73. The highest BCUT2D eigenvalue weighted by Crippen LogP contribution is 2.10. The fourth-order valence-electron chi connectivity index (χ4n) is 2.18. The highest BCUT2D eigenvalue weighted by atomic mass is 16.5. The number of aliphatic carboxylic acids is 1. The third-order valence-corrected chi connectivity index (χ3v) is 3.39. The maximum atomic E-state index is 11.0. The Labute approximate surface area is 110 Å². The standard InChI is InChI=1S/C13H28N2O3/c1-5-11(6-2)15(9-10-18-4)8-7-12(14-3)13(16)17/h11-12,14H,5-10H2,1-4H3,(H,16,17). The molecule has 108 valence electrons. The minimum Gasteiger partial charge on any atom is -0.480 e. The van der Waals surface area contributed by atoms with Crippen LogP contribution in [0.2, 0.25) is 0 Å². The Kier molecular flexibility index (Phi) is 9.92. The summed E-state index contributed by atoms with van der Waals surface area (Å²) in [7, 11) is 3.38. The van der Waals surface area contributed by atoms with Crippen molar-refractivity contribution in [3.05, 3.63) is 0 Å². The second-order valence-corrected chi connectivity index (χ2v) is 4.47. The first-order valence-corrected chi connectivity index (χ1v) is 6.73. The van der Waals surface area contributed by atoms with E-state index in [0.717, 1.165) is 25.9 Å². The van der Waals surface area contributed by atoms with Gasteiger partial charge in [0, 0.05) is 26.2 Å². The molecule has 0 saturated carbocycles. The van der Waals surface area contributed by atoms with E-state index in [1.165, 1.54) is 0 Å². The lowest BCUT2D eigenvalue weighted by Gasteiger charge is -2.31. The van der Waals surface area contributed by atoms with Gasteiger partial charge in [0.2, 0.25) is 0 Å². The zero-order valence-corrected chi connectivity index (χ0v) is 12.1. The summed E-state index contributed by atoms with van der Waals surface area (Å²) in [5, 5.41) is 11.8. The number of methoxy groups -OCH3 is 1. The van der Waals surface area contributed by atoms with E-state index in [0.29, 0.717) is 19.1 Å². The summed E-state index contributed by atoms with van der Waals surface area (Å²) in [5.41, 5.74) is 0. The molecule has 0 aliphatic heterocycles. The molecule has 0 fully saturated rings. The SMILES string of the molecule is CCC(CC)N(CCOC)CCC(NC)C(=O)O. The summed E-state index contributed by atoms with van der Waals surface area (Å²) in [6.45, 7) is 6.67. The third-order valence-electron chi connectivity index (χ3n) is 3.39. The number of nitrogens with one attached hydrogen (secondary N) is 1. The lowest BCUT2D eigenvalue weighted by atomic mass is 10.1. The zero-order valence-electron chi connectivity index (χ0n) is 12.1. The fourth-order valence-corrected chi connectivity index (χ4v) is 2.18. The van der Waals surface area contributed by atoms with Crippen LogP contribution in [0.3, 0.4) is 0 Å². The predicted octanol–water partition coefficient (Wildman–Crippen LogP) is 1.19. The molecule has 0 heterocycles. The Hall–Kier alpha value is -0.650. The highest BCUT2D eigenvalue weighted by Gasteiger charge is 2.19. The summed E-state index contributed by atoms with van der Waals surface area (Å²) < 4.78 is 5.12. The number of ether oxygens (including phenoxy) is 1. The van der Waals surface area contributed by atoms with Crippen molar-refractivity contribution in [1.82, 2.24) is 10.2 Å². The second kappa shape index (κ2) is 10.3. The van der Waals surface area contributed by atoms with Crippen LogP contribution in [0, 0.1) is 0 Å². The largest absolute Gasteiger partial charge is 0.480 e. The molecule has 0 rings (SSSR count). The molecule has 5 heteroatoms. The van der Waals surface area contributed by atoms with E-state index in [1.54, 1.807) is 14.2 Å². The molecule has 0 radical (unpaired) electrons. The lowest BCUT2D eigenvalue weighted by Crippen LogP contribution is -2.42. The van der Waals surface area contributed by atoms with Crippen LogP contribution in [0.15, 0.2) is 0 Å². The fraction of sp³-hybridized carbons (Fsp3) is 0.923. The first-order valence-electron chi connectivity index (χ1n) is 6.73. The molecule has 0 spiro atoms. The summed E-state index contributed by atoms with van der Waals surface area (Å²) >= 11 is 0. The van der Waals surface area contributed by atoms with Gasteiger partial charge in [-0.15, -0.1) is 0 Å². The van der Waals surface area contributed by atoms with Gasteiger partial charge in [0.15, 0.2) is 0 Å². The molecular formula is C13H28N2O3. The van der Waals surface area contributed by atoms with E-state index in [1.807, 2.05) is 0 Å². The van der Waals surface area contributed by atoms with Crippen LogP contribution in [0.1, 0.15) is 33.1 Å². The minimum atomic E-state index is -0.784. The smallest absolute Gasteiger partial charge is 0.320 e. The second-order valence-electron chi connectivity index (χ2n) is 4.47. The predicted molar refractivity (Wildman–Crippen MR) is 72.9 cm³/mol. The van der Waals surface area contributed by atoms with Gasteiger partial charge < -0.3 is 15.2 Å². The number of hydrogen-bond donors (Lipinski definition) is 2. The van der Waals surface area contributed by atoms with E-state index < -0.39 is 12.0 Å². The molecule has 1 atom stereocenters. The number of carboxylic acid groups (broad SMARTS) is 1. The number of carbonyl (C=O) groups is 1. The molecule has 0 aromatic carbocycles. The van der Waals surface area contributed by atoms with Gasteiger partial charge in [0.05, 0.1) is 6.61 Å². The number of rotatable bonds is 11. The van der Waals surface area contributed by atoms with Crippen LogP contribution in [-0.2, 0) is 9.53 Å². The molecule has 0 aliphatic rings. The quantitative estimate of drug-likeness (QED) is 0.584. The van der Waals surface area contributed by atoms with Crippen molar-refractivity contribution in [2.45, 2.75) is 45.2 Å². The van der Waals surface area contributed by atoms with Gasteiger partial charge in [0.1, 0.15) is 6.04 Å². The Morgan fingerprint density at radius 3 is 2.33 bits per heavy atom. The molecule has 0 aromatic heterocycles. The van der Waals surface area contributed by atoms with Gasteiger partial charge in [-0.1, -0.05) is 13.8 Å². The molecule has 2 N–H and O–H groups in total. The number of nitrogens with zero attached hydrogens (tertiary/aromatic N) is 1. The number of hydrogen-bond acceptors (Lipinski definition) is 4. The first-order chi connectivity index (χ1) is 8.60. The van der Waals surface area contributed by atoms with Gasteiger partial charge in [-0.25, -0.2) is 0 Å². The van der Waals surface area contributed by atoms with E-state index in [2.05, 4.69) is 24.1 Å². The molecule has 5 nitrogen and oxygen atoms in total. The van der Waals surface area contributed by atoms with Crippen molar-refractivity contribution in [1.29, 1.82) is 0 Å². The van der Waals surface area contributed by atoms with Crippen molar-refractivity contribution < 1.29 is 14.6 Å². The van der Waals surface area contributed by atoms with Crippen molar-refractivity contribution in [3.8, 4) is 0 Å². The van der Waals surface area contributed by atoms with Gasteiger partial charge in [-0.05, 0) is 26.3 Å². The minimum absolute atomic E-state index is 0.468. The normalized spacial score (nSPS) is 13.2. The molecule has 0 aliphatic carbocycles. The van der Waals surface area contributed by atoms with E-state index in [9.17, 15) is 4.79 Å². The average molecular weight is 260 g/mol. The Balaban J connectivity index is 4.33.